The van der Waals surface area contributed by atoms with Crippen molar-refractivity contribution in [2.75, 3.05) is 5.32 Å². The van der Waals surface area contributed by atoms with Gasteiger partial charge in [-0.05, 0) is 54.9 Å². The van der Waals surface area contributed by atoms with Crippen LogP contribution in [0.4, 0.5) is 24.5 Å². The van der Waals surface area contributed by atoms with E-state index in [0.717, 1.165) is 40.5 Å². The summed E-state index contributed by atoms with van der Waals surface area (Å²) in [7, 11) is 0. The van der Waals surface area contributed by atoms with Crippen LogP contribution in [-0.2, 0) is 11.0 Å². The van der Waals surface area contributed by atoms with Crippen molar-refractivity contribution in [3.63, 3.8) is 0 Å². The van der Waals surface area contributed by atoms with E-state index >= 15 is 0 Å². The molecule has 0 radical (unpaired) electrons. The fourth-order valence-electron chi connectivity index (χ4n) is 3.07. The summed E-state index contributed by atoms with van der Waals surface area (Å²) in [6.45, 7) is 5.16. The van der Waals surface area contributed by atoms with Crippen molar-refractivity contribution in [2.45, 2.75) is 33.0 Å². The number of non-ortho nitro benzene ring substituents is 1. The number of anilines is 1. The maximum Gasteiger partial charge on any atom is 0.416 e. The molecule has 1 N–H and O–H groups in total. The number of benzene rings is 2. The molecule has 12 heteroatoms. The van der Waals surface area contributed by atoms with Gasteiger partial charge in [0, 0.05) is 12.1 Å². The number of nitro benzene ring substituents is 1. The van der Waals surface area contributed by atoms with E-state index in [0.29, 0.717) is 5.69 Å². The number of amides is 1. The summed E-state index contributed by atoms with van der Waals surface area (Å²) in [5, 5.41) is 18.2. The molecule has 0 saturated heterocycles. The highest BCUT2D eigenvalue weighted by molar-refractivity contribution is 9.10. The summed E-state index contributed by atoms with van der Waals surface area (Å²) in [6.07, 6.45) is -4.57. The van der Waals surface area contributed by atoms with Crippen molar-refractivity contribution in [1.82, 2.24) is 9.78 Å². The maximum atomic E-state index is 13.0. The molecule has 1 unspecified atom stereocenters. The minimum absolute atomic E-state index is 0.0450. The second kappa shape index (κ2) is 9.22. The third-order valence-electron chi connectivity index (χ3n) is 4.75. The van der Waals surface area contributed by atoms with Crippen LogP contribution < -0.4 is 10.1 Å². The molecule has 1 amide bonds. The molecule has 3 rings (SSSR count). The van der Waals surface area contributed by atoms with E-state index in [9.17, 15) is 28.1 Å². The Morgan fingerprint density at radius 1 is 1.21 bits per heavy atom. The number of halogens is 4. The molecule has 0 aliphatic heterocycles. The van der Waals surface area contributed by atoms with E-state index in [1.807, 2.05) is 0 Å². The first kappa shape index (κ1) is 24.2. The van der Waals surface area contributed by atoms with Gasteiger partial charge in [-0.15, -0.1) is 0 Å². The van der Waals surface area contributed by atoms with Crippen LogP contribution in [0.1, 0.15) is 29.9 Å². The molecule has 0 spiro atoms. The van der Waals surface area contributed by atoms with Gasteiger partial charge >= 0.3 is 6.18 Å². The third kappa shape index (κ3) is 5.51. The highest BCUT2D eigenvalue weighted by Crippen LogP contribution is 2.34. The molecule has 0 bridgehead atoms. The molecule has 2 aromatic carbocycles. The van der Waals surface area contributed by atoms with Gasteiger partial charge in [-0.3, -0.25) is 19.6 Å². The van der Waals surface area contributed by atoms with Crippen molar-refractivity contribution in [3.05, 3.63) is 74.0 Å². The monoisotopic (exact) mass is 526 g/mol. The highest BCUT2D eigenvalue weighted by atomic mass is 79.9. The normalized spacial score (nSPS) is 12.3. The van der Waals surface area contributed by atoms with Crippen LogP contribution >= 0.6 is 15.9 Å². The Morgan fingerprint density at radius 3 is 2.48 bits per heavy atom. The van der Waals surface area contributed by atoms with E-state index in [4.69, 9.17) is 4.74 Å². The number of rotatable bonds is 6. The quantitative estimate of drug-likeness (QED) is 0.305. The molecule has 1 atom stereocenters. The predicted octanol–water partition coefficient (Wildman–Crippen LogP) is 6.18. The zero-order valence-corrected chi connectivity index (χ0v) is 19.2. The van der Waals surface area contributed by atoms with E-state index in [1.165, 1.54) is 16.8 Å². The van der Waals surface area contributed by atoms with Crippen LogP contribution in [0.2, 0.25) is 0 Å². The fourth-order valence-corrected chi connectivity index (χ4v) is 3.33. The molecule has 0 aliphatic carbocycles. The van der Waals surface area contributed by atoms with E-state index < -0.39 is 34.3 Å². The van der Waals surface area contributed by atoms with Gasteiger partial charge in [0.1, 0.15) is 17.5 Å². The van der Waals surface area contributed by atoms with Crippen LogP contribution in [-0.4, -0.2) is 20.6 Å². The number of ether oxygens (including phenoxy) is 1. The van der Waals surface area contributed by atoms with Crippen LogP contribution in [0, 0.1) is 24.0 Å². The van der Waals surface area contributed by atoms with Crippen LogP contribution in [0.15, 0.2) is 46.9 Å². The summed E-state index contributed by atoms with van der Waals surface area (Å²) in [6, 6.07) is 6.82. The lowest BCUT2D eigenvalue weighted by Crippen LogP contribution is -2.25. The molecule has 0 aliphatic rings. The van der Waals surface area contributed by atoms with Gasteiger partial charge in [-0.1, -0.05) is 6.07 Å². The molecule has 8 nitrogen and oxygen atoms in total. The summed E-state index contributed by atoms with van der Waals surface area (Å²) in [5.74, 6) is -0.776. The Kier molecular flexibility index (Phi) is 6.77. The molecule has 1 aromatic heterocycles. The molecule has 0 fully saturated rings. The number of hydrogen-bond acceptors (Lipinski definition) is 5. The van der Waals surface area contributed by atoms with Gasteiger partial charge in [-0.2, -0.15) is 18.3 Å². The topological polar surface area (TPSA) is 99.3 Å². The Labute approximate surface area is 194 Å². The van der Waals surface area contributed by atoms with E-state index in [1.54, 1.807) is 20.8 Å². The number of aryl methyl sites for hydroxylation is 1. The molecule has 0 saturated carbocycles. The lowest BCUT2D eigenvalue weighted by atomic mass is 10.2. The molecule has 3 aromatic rings. The Hall–Kier alpha value is -3.41. The van der Waals surface area contributed by atoms with Gasteiger partial charge in [0.15, 0.2) is 0 Å². The average Bonchev–Trinajstić information content (AvgIpc) is 2.99. The van der Waals surface area contributed by atoms with Crippen molar-refractivity contribution in [3.8, 4) is 11.5 Å². The minimum atomic E-state index is -4.57. The molecular weight excluding hydrogens is 509 g/mol. The van der Waals surface area contributed by atoms with E-state index in [-0.39, 0.29) is 17.2 Å². The zero-order valence-electron chi connectivity index (χ0n) is 17.6. The van der Waals surface area contributed by atoms with Gasteiger partial charge < -0.3 is 10.1 Å². The summed E-state index contributed by atoms with van der Waals surface area (Å²) < 4.78 is 46.6. The van der Waals surface area contributed by atoms with Crippen LogP contribution in [0.5, 0.6) is 11.5 Å². The zero-order chi connectivity index (χ0) is 24.5. The smallest absolute Gasteiger partial charge is 0.416 e. The Bertz CT molecular complexity index is 1230. The number of aromatic nitrogens is 2. The number of nitrogens with zero attached hydrogens (tertiary/aromatic N) is 3. The van der Waals surface area contributed by atoms with Crippen molar-refractivity contribution in [2.24, 2.45) is 0 Å². The second-order valence-electron chi connectivity index (χ2n) is 7.19. The molecular formula is C21H18BrF3N4O4. The third-order valence-corrected chi connectivity index (χ3v) is 5.90. The fraction of sp³-hybridized carbons (Fsp3) is 0.238. The van der Waals surface area contributed by atoms with Crippen molar-refractivity contribution < 1.29 is 27.6 Å². The first-order valence-electron chi connectivity index (χ1n) is 9.53. The molecule has 174 valence electrons. The molecule has 1 heterocycles. The van der Waals surface area contributed by atoms with Gasteiger partial charge in [0.05, 0.1) is 38.1 Å². The van der Waals surface area contributed by atoms with Crippen LogP contribution in [0.25, 0.3) is 0 Å². The number of carbonyl (C=O) groups excluding carboxylic acids is 1. The lowest BCUT2D eigenvalue weighted by molar-refractivity contribution is -0.384. The van der Waals surface area contributed by atoms with Gasteiger partial charge in [-0.25, -0.2) is 0 Å². The SMILES string of the molecule is Cc1nn(C(C)C(=O)Nc2cc(Oc3cccc(C(F)(F)F)c3)cc([N+](=O)[O-])c2)c(C)c1Br. The Balaban J connectivity index is 1.88. The Morgan fingerprint density at radius 2 is 1.91 bits per heavy atom. The van der Waals surface area contributed by atoms with Crippen molar-refractivity contribution >= 4 is 33.2 Å². The van der Waals surface area contributed by atoms with Gasteiger partial charge in [0.25, 0.3) is 5.69 Å². The average molecular weight is 527 g/mol. The number of carbonyl (C=O) groups is 1. The number of hydrogen-bond donors (Lipinski definition) is 1. The summed E-state index contributed by atoms with van der Waals surface area (Å²) in [4.78, 5) is 23.4. The lowest BCUT2D eigenvalue weighted by Gasteiger charge is -2.15. The standard InChI is InChI=1S/C21H18BrF3N4O4/c1-11-19(22)12(2)28(27-11)13(3)20(30)26-15-8-16(29(31)32)10-18(9-15)33-17-6-4-5-14(7-17)21(23,24)25/h4-10,13H,1-3H3,(H,26,30). The second-order valence-corrected chi connectivity index (χ2v) is 7.99. The largest absolute Gasteiger partial charge is 0.457 e. The number of alkyl halides is 3. The molecule has 33 heavy (non-hydrogen) atoms. The first-order chi connectivity index (χ1) is 15.4. The number of nitrogens with one attached hydrogen (secondary N) is 1. The number of nitro groups is 1. The summed E-state index contributed by atoms with van der Waals surface area (Å²) >= 11 is 3.39. The maximum absolute atomic E-state index is 13.0. The van der Waals surface area contributed by atoms with Crippen LogP contribution in [0.3, 0.4) is 0 Å². The predicted molar refractivity (Wildman–Crippen MR) is 117 cm³/mol. The van der Waals surface area contributed by atoms with Crippen molar-refractivity contribution in [1.29, 1.82) is 0 Å². The van der Waals surface area contributed by atoms with E-state index in [2.05, 4.69) is 26.3 Å². The first-order valence-corrected chi connectivity index (χ1v) is 10.3. The van der Waals surface area contributed by atoms with Gasteiger partial charge in [0.2, 0.25) is 5.91 Å². The highest BCUT2D eigenvalue weighted by Gasteiger charge is 2.30. The summed E-state index contributed by atoms with van der Waals surface area (Å²) in [5.41, 5.74) is 0.130. The minimum Gasteiger partial charge on any atom is -0.457 e.